The molecule has 1 aliphatic heterocycles. The van der Waals surface area contributed by atoms with Gasteiger partial charge in [0, 0.05) is 39.3 Å². The van der Waals surface area contributed by atoms with E-state index in [9.17, 15) is 14.4 Å². The lowest BCUT2D eigenvalue weighted by Gasteiger charge is -2.33. The van der Waals surface area contributed by atoms with Crippen LogP contribution >= 0.6 is 0 Å². The second-order valence-electron chi connectivity index (χ2n) is 6.10. The third-order valence-electron chi connectivity index (χ3n) is 3.07. The molecule has 1 rings (SSSR count). The number of alkyl carbamates (subject to hydrolysis) is 1. The molecule has 0 unspecified atom stereocenters. The Morgan fingerprint density at radius 2 is 1.48 bits per heavy atom. The average molecular weight is 330 g/mol. The van der Waals surface area contributed by atoms with Crippen LogP contribution in [0.25, 0.3) is 0 Å². The van der Waals surface area contributed by atoms with Crippen LogP contribution in [0.15, 0.2) is 0 Å². The van der Waals surface area contributed by atoms with E-state index in [2.05, 4.69) is 15.4 Å². The number of piperazine rings is 1. The van der Waals surface area contributed by atoms with Crippen LogP contribution in [-0.2, 0) is 9.47 Å². The molecule has 2 N–H and O–H groups in total. The quantitative estimate of drug-likeness (QED) is 0.738. The number of carbonyl (C=O) groups excluding carboxylic acids is 3. The van der Waals surface area contributed by atoms with Gasteiger partial charge in [0.15, 0.2) is 0 Å². The Labute approximate surface area is 136 Å². The molecule has 0 radical (unpaired) electrons. The van der Waals surface area contributed by atoms with Gasteiger partial charge in [0.25, 0.3) is 0 Å². The summed E-state index contributed by atoms with van der Waals surface area (Å²) in [6.07, 6.45) is -0.898. The number of nitrogens with zero attached hydrogens (tertiary/aromatic N) is 2. The minimum atomic E-state index is -0.549. The van der Waals surface area contributed by atoms with Crippen LogP contribution in [0.1, 0.15) is 20.8 Å². The first-order valence-electron chi connectivity index (χ1n) is 7.55. The highest BCUT2D eigenvalue weighted by Gasteiger charge is 2.24. The van der Waals surface area contributed by atoms with Crippen molar-refractivity contribution in [3.8, 4) is 0 Å². The number of ether oxygens (including phenoxy) is 2. The molecule has 1 heterocycles. The zero-order chi connectivity index (χ0) is 17.5. The lowest BCUT2D eigenvalue weighted by molar-refractivity contribution is 0.0528. The first-order chi connectivity index (χ1) is 10.7. The van der Waals surface area contributed by atoms with Gasteiger partial charge >= 0.3 is 18.2 Å². The molecule has 1 aliphatic rings. The number of methoxy groups -OCH3 is 1. The zero-order valence-corrected chi connectivity index (χ0v) is 14.2. The maximum absolute atomic E-state index is 12.0. The molecule has 0 bridgehead atoms. The summed E-state index contributed by atoms with van der Waals surface area (Å²) in [7, 11) is 1.33. The molecule has 1 fully saturated rings. The monoisotopic (exact) mass is 330 g/mol. The van der Waals surface area contributed by atoms with E-state index in [0.717, 1.165) is 0 Å². The number of amides is 4. The van der Waals surface area contributed by atoms with Gasteiger partial charge in [-0.1, -0.05) is 0 Å². The largest absolute Gasteiger partial charge is 0.453 e. The van der Waals surface area contributed by atoms with Gasteiger partial charge in [0.2, 0.25) is 0 Å². The highest BCUT2D eigenvalue weighted by atomic mass is 16.6. The van der Waals surface area contributed by atoms with Crippen LogP contribution in [0.2, 0.25) is 0 Å². The highest BCUT2D eigenvalue weighted by molar-refractivity contribution is 5.75. The molecule has 9 heteroatoms. The summed E-state index contributed by atoms with van der Waals surface area (Å²) < 4.78 is 9.72. The number of rotatable bonds is 3. The predicted molar refractivity (Wildman–Crippen MR) is 83.2 cm³/mol. The SMILES string of the molecule is COC(=O)N1CCN(C(=O)NCCNC(=O)OC(C)(C)C)CC1. The van der Waals surface area contributed by atoms with E-state index in [1.165, 1.54) is 7.11 Å². The maximum atomic E-state index is 12.0. The first-order valence-corrected chi connectivity index (χ1v) is 7.55. The van der Waals surface area contributed by atoms with Crippen molar-refractivity contribution in [2.24, 2.45) is 0 Å². The molecule has 0 spiro atoms. The Bertz CT molecular complexity index is 427. The summed E-state index contributed by atoms with van der Waals surface area (Å²) in [4.78, 5) is 37.9. The summed E-state index contributed by atoms with van der Waals surface area (Å²) in [6.45, 7) is 7.69. The molecule has 1 saturated heterocycles. The van der Waals surface area contributed by atoms with Gasteiger partial charge in [-0.3, -0.25) is 0 Å². The number of hydrogen-bond donors (Lipinski definition) is 2. The van der Waals surface area contributed by atoms with Crippen molar-refractivity contribution in [2.75, 3.05) is 46.4 Å². The first kappa shape index (κ1) is 18.9. The smallest absolute Gasteiger partial charge is 0.409 e. The van der Waals surface area contributed by atoms with Crippen molar-refractivity contribution in [1.82, 2.24) is 20.4 Å². The third-order valence-corrected chi connectivity index (χ3v) is 3.07. The molecule has 132 valence electrons. The standard InChI is InChI=1S/C14H26N4O5/c1-14(2,3)23-12(20)16-6-5-15-11(19)17-7-9-18(10-8-17)13(21)22-4/h5-10H2,1-4H3,(H,15,19)(H,16,20). The minimum absolute atomic E-state index is 0.222. The van der Waals surface area contributed by atoms with Crippen molar-refractivity contribution in [2.45, 2.75) is 26.4 Å². The van der Waals surface area contributed by atoms with E-state index in [4.69, 9.17) is 4.74 Å². The molecule has 0 aromatic carbocycles. The Balaban J connectivity index is 2.18. The second kappa shape index (κ2) is 8.44. The van der Waals surface area contributed by atoms with E-state index in [0.29, 0.717) is 32.7 Å². The van der Waals surface area contributed by atoms with Crippen molar-refractivity contribution >= 4 is 18.2 Å². The summed E-state index contributed by atoms with van der Waals surface area (Å²) in [5.74, 6) is 0. The number of nitrogens with one attached hydrogen (secondary N) is 2. The van der Waals surface area contributed by atoms with E-state index in [1.807, 2.05) is 0 Å². The van der Waals surface area contributed by atoms with Crippen LogP contribution in [0.3, 0.4) is 0 Å². The molecule has 4 amide bonds. The second-order valence-corrected chi connectivity index (χ2v) is 6.10. The average Bonchev–Trinajstić information content (AvgIpc) is 2.49. The van der Waals surface area contributed by atoms with Crippen LogP contribution in [0, 0.1) is 0 Å². The molecule has 23 heavy (non-hydrogen) atoms. The fourth-order valence-corrected chi connectivity index (χ4v) is 1.98. The lowest BCUT2D eigenvalue weighted by atomic mass is 10.2. The highest BCUT2D eigenvalue weighted by Crippen LogP contribution is 2.06. The van der Waals surface area contributed by atoms with Gasteiger partial charge in [-0.25, -0.2) is 14.4 Å². The van der Waals surface area contributed by atoms with Crippen LogP contribution in [0.4, 0.5) is 14.4 Å². The molecule has 9 nitrogen and oxygen atoms in total. The Morgan fingerprint density at radius 1 is 0.957 bits per heavy atom. The van der Waals surface area contributed by atoms with Crippen molar-refractivity contribution in [1.29, 1.82) is 0 Å². The molecular weight excluding hydrogens is 304 g/mol. The molecule has 0 aliphatic carbocycles. The molecule has 0 aromatic rings. The summed E-state index contributed by atoms with van der Waals surface area (Å²) in [5.41, 5.74) is -0.549. The summed E-state index contributed by atoms with van der Waals surface area (Å²) >= 11 is 0. The Hall–Kier alpha value is -2.19. The topological polar surface area (TPSA) is 100 Å². The molecular formula is C14H26N4O5. The van der Waals surface area contributed by atoms with Gasteiger partial charge < -0.3 is 29.9 Å². The zero-order valence-electron chi connectivity index (χ0n) is 14.2. The molecule has 0 aromatic heterocycles. The van der Waals surface area contributed by atoms with Crippen molar-refractivity contribution in [3.63, 3.8) is 0 Å². The number of carbonyl (C=O) groups is 3. The number of urea groups is 1. The molecule has 0 saturated carbocycles. The normalized spacial score (nSPS) is 15.0. The summed E-state index contributed by atoms with van der Waals surface area (Å²) in [6, 6.07) is -0.222. The van der Waals surface area contributed by atoms with E-state index in [-0.39, 0.29) is 18.7 Å². The van der Waals surface area contributed by atoms with Gasteiger partial charge in [-0.2, -0.15) is 0 Å². The summed E-state index contributed by atoms with van der Waals surface area (Å²) in [5, 5.41) is 5.27. The van der Waals surface area contributed by atoms with Gasteiger partial charge in [0.1, 0.15) is 5.60 Å². The van der Waals surface area contributed by atoms with Crippen molar-refractivity contribution in [3.05, 3.63) is 0 Å². The number of hydrogen-bond acceptors (Lipinski definition) is 5. The predicted octanol–water partition coefficient (Wildman–Crippen LogP) is 0.605. The minimum Gasteiger partial charge on any atom is -0.453 e. The Morgan fingerprint density at radius 3 is 2.00 bits per heavy atom. The Kier molecular flexibility index (Phi) is 6.92. The van der Waals surface area contributed by atoms with E-state index >= 15 is 0 Å². The van der Waals surface area contributed by atoms with Crippen LogP contribution in [0.5, 0.6) is 0 Å². The lowest BCUT2D eigenvalue weighted by Crippen LogP contribution is -2.53. The van der Waals surface area contributed by atoms with Gasteiger partial charge in [-0.05, 0) is 20.8 Å². The van der Waals surface area contributed by atoms with Gasteiger partial charge in [0.05, 0.1) is 7.11 Å². The van der Waals surface area contributed by atoms with Crippen LogP contribution < -0.4 is 10.6 Å². The fraction of sp³-hybridized carbons (Fsp3) is 0.786. The van der Waals surface area contributed by atoms with E-state index < -0.39 is 11.7 Å². The van der Waals surface area contributed by atoms with Crippen molar-refractivity contribution < 1.29 is 23.9 Å². The fourth-order valence-electron chi connectivity index (χ4n) is 1.98. The molecule has 0 atom stereocenters. The van der Waals surface area contributed by atoms with E-state index in [1.54, 1.807) is 30.6 Å². The van der Waals surface area contributed by atoms with Crippen LogP contribution in [-0.4, -0.2) is 80.0 Å². The van der Waals surface area contributed by atoms with Gasteiger partial charge in [-0.15, -0.1) is 0 Å². The maximum Gasteiger partial charge on any atom is 0.409 e. The third kappa shape index (κ3) is 7.07.